The molecule has 1 aromatic heterocycles. The highest BCUT2D eigenvalue weighted by Crippen LogP contribution is 2.31. The third kappa shape index (κ3) is 2.51. The van der Waals surface area contributed by atoms with Gasteiger partial charge in [-0.3, -0.25) is 10.1 Å². The van der Waals surface area contributed by atoms with Crippen molar-refractivity contribution in [2.45, 2.75) is 0 Å². The molecule has 2 aromatic rings. The smallest absolute Gasteiger partial charge is 0.311 e. The van der Waals surface area contributed by atoms with Crippen LogP contribution >= 0.6 is 0 Å². The maximum absolute atomic E-state index is 13.0. The van der Waals surface area contributed by atoms with Crippen molar-refractivity contribution in [3.63, 3.8) is 0 Å². The summed E-state index contributed by atoms with van der Waals surface area (Å²) in [5.41, 5.74) is 5.55. The quantitative estimate of drug-likeness (QED) is 0.666. The number of halogens is 1. The molecule has 0 amide bonds. The van der Waals surface area contributed by atoms with Crippen molar-refractivity contribution in [1.29, 1.82) is 0 Å². The van der Waals surface area contributed by atoms with Gasteiger partial charge < -0.3 is 10.5 Å². The van der Waals surface area contributed by atoms with E-state index in [1.54, 1.807) is 0 Å². The lowest BCUT2D eigenvalue weighted by molar-refractivity contribution is -0.385. The van der Waals surface area contributed by atoms with Gasteiger partial charge in [-0.15, -0.1) is 0 Å². The summed E-state index contributed by atoms with van der Waals surface area (Å²) in [6.07, 6.45) is 1.38. The van der Waals surface area contributed by atoms with Crippen LogP contribution in [0, 0.1) is 15.9 Å². The summed E-state index contributed by atoms with van der Waals surface area (Å²) >= 11 is 0. The first-order valence-corrected chi connectivity index (χ1v) is 4.89. The van der Waals surface area contributed by atoms with Crippen molar-refractivity contribution < 1.29 is 14.1 Å². The molecular formula is C11H8FN3O3. The van der Waals surface area contributed by atoms with Crippen LogP contribution in [0.2, 0.25) is 0 Å². The standard InChI is InChI=1S/C11H8FN3O3/c12-7-1-2-9(15(16)17)10(5-7)18-11-6-8(13)3-4-14-11/h1-6H,(H2,13,14). The molecule has 7 heteroatoms. The molecule has 0 fully saturated rings. The molecule has 2 rings (SSSR count). The maximum atomic E-state index is 13.0. The molecule has 0 bridgehead atoms. The number of anilines is 1. The third-order valence-electron chi connectivity index (χ3n) is 2.09. The lowest BCUT2D eigenvalue weighted by Crippen LogP contribution is -1.96. The predicted octanol–water partition coefficient (Wildman–Crippen LogP) is 2.50. The monoisotopic (exact) mass is 249 g/mol. The van der Waals surface area contributed by atoms with Crippen LogP contribution in [0.5, 0.6) is 11.6 Å². The molecule has 0 unspecified atom stereocenters. The van der Waals surface area contributed by atoms with Crippen molar-refractivity contribution in [2.75, 3.05) is 5.73 Å². The van der Waals surface area contributed by atoms with Gasteiger partial charge in [-0.25, -0.2) is 9.37 Å². The number of hydrogen-bond donors (Lipinski definition) is 1. The second-order valence-corrected chi connectivity index (χ2v) is 3.40. The van der Waals surface area contributed by atoms with E-state index in [-0.39, 0.29) is 17.3 Å². The lowest BCUT2D eigenvalue weighted by Gasteiger charge is -2.05. The van der Waals surface area contributed by atoms with Gasteiger partial charge in [-0.05, 0) is 12.1 Å². The molecule has 0 aliphatic rings. The average molecular weight is 249 g/mol. The molecule has 0 aliphatic heterocycles. The Morgan fingerprint density at radius 3 is 2.78 bits per heavy atom. The highest BCUT2D eigenvalue weighted by molar-refractivity contribution is 5.49. The molecule has 6 nitrogen and oxygen atoms in total. The van der Waals surface area contributed by atoms with E-state index >= 15 is 0 Å². The molecule has 0 aliphatic carbocycles. The molecule has 0 radical (unpaired) electrons. The number of nitrogen functional groups attached to an aromatic ring is 1. The first kappa shape index (κ1) is 11.8. The number of pyridine rings is 1. The number of nitro groups is 1. The minimum Gasteiger partial charge on any atom is -0.432 e. The Morgan fingerprint density at radius 1 is 1.33 bits per heavy atom. The Bertz CT molecular complexity index is 604. The van der Waals surface area contributed by atoms with Gasteiger partial charge in [0.25, 0.3) is 0 Å². The average Bonchev–Trinajstić information content (AvgIpc) is 2.28. The van der Waals surface area contributed by atoms with Crippen molar-refractivity contribution in [3.8, 4) is 11.6 Å². The first-order valence-electron chi connectivity index (χ1n) is 4.89. The zero-order chi connectivity index (χ0) is 13.1. The molecule has 0 saturated heterocycles. The highest BCUT2D eigenvalue weighted by Gasteiger charge is 2.17. The van der Waals surface area contributed by atoms with Crippen LogP contribution in [0.25, 0.3) is 0 Å². The molecule has 18 heavy (non-hydrogen) atoms. The van der Waals surface area contributed by atoms with E-state index in [0.717, 1.165) is 18.2 Å². The van der Waals surface area contributed by atoms with Crippen molar-refractivity contribution in [3.05, 3.63) is 52.5 Å². The number of benzene rings is 1. The summed E-state index contributed by atoms with van der Waals surface area (Å²) in [7, 11) is 0. The van der Waals surface area contributed by atoms with Gasteiger partial charge in [0.15, 0.2) is 0 Å². The molecule has 1 aromatic carbocycles. The number of nitrogens with two attached hydrogens (primary N) is 1. The lowest BCUT2D eigenvalue weighted by atomic mass is 10.3. The van der Waals surface area contributed by atoms with Crippen LogP contribution in [-0.2, 0) is 0 Å². The van der Waals surface area contributed by atoms with Crippen LogP contribution in [0.15, 0.2) is 36.5 Å². The number of nitro benzene ring substituents is 1. The summed E-state index contributed by atoms with van der Waals surface area (Å²) in [5.74, 6) is -0.804. The van der Waals surface area contributed by atoms with Gasteiger partial charge in [0.1, 0.15) is 5.82 Å². The predicted molar refractivity (Wildman–Crippen MR) is 61.8 cm³/mol. The second kappa shape index (κ2) is 4.66. The maximum Gasteiger partial charge on any atom is 0.311 e. The van der Waals surface area contributed by atoms with Gasteiger partial charge >= 0.3 is 5.69 Å². The Morgan fingerprint density at radius 2 is 2.11 bits per heavy atom. The number of rotatable bonds is 3. The fourth-order valence-electron chi connectivity index (χ4n) is 1.31. The summed E-state index contributed by atoms with van der Waals surface area (Å²) in [5, 5.41) is 10.7. The van der Waals surface area contributed by atoms with E-state index in [4.69, 9.17) is 10.5 Å². The van der Waals surface area contributed by atoms with E-state index < -0.39 is 10.7 Å². The van der Waals surface area contributed by atoms with Gasteiger partial charge in [-0.2, -0.15) is 0 Å². The van der Waals surface area contributed by atoms with Crippen LogP contribution in [0.3, 0.4) is 0 Å². The summed E-state index contributed by atoms with van der Waals surface area (Å²) in [6.45, 7) is 0. The third-order valence-corrected chi connectivity index (χ3v) is 2.09. The SMILES string of the molecule is Nc1ccnc(Oc2cc(F)ccc2[N+](=O)[O-])c1. The second-order valence-electron chi connectivity index (χ2n) is 3.40. The Kier molecular flexibility index (Phi) is 3.05. The topological polar surface area (TPSA) is 91.3 Å². The van der Waals surface area contributed by atoms with Crippen molar-refractivity contribution in [1.82, 2.24) is 4.98 Å². The number of ether oxygens (including phenoxy) is 1. The van der Waals surface area contributed by atoms with Gasteiger partial charge in [0.2, 0.25) is 11.6 Å². The highest BCUT2D eigenvalue weighted by atomic mass is 19.1. The van der Waals surface area contributed by atoms with Crippen LogP contribution in [0.1, 0.15) is 0 Å². The van der Waals surface area contributed by atoms with Gasteiger partial charge in [0.05, 0.1) is 4.92 Å². The molecule has 92 valence electrons. The van der Waals surface area contributed by atoms with Gasteiger partial charge in [-0.1, -0.05) is 0 Å². The van der Waals surface area contributed by atoms with E-state index in [9.17, 15) is 14.5 Å². The minimum atomic E-state index is -0.666. The summed E-state index contributed by atoms with van der Waals surface area (Å²) in [4.78, 5) is 13.9. The number of aromatic nitrogens is 1. The van der Waals surface area contributed by atoms with Crippen LogP contribution in [0.4, 0.5) is 15.8 Å². The van der Waals surface area contributed by atoms with Gasteiger partial charge in [0, 0.05) is 30.1 Å². The minimum absolute atomic E-state index is 0.0590. The molecule has 0 atom stereocenters. The zero-order valence-electron chi connectivity index (χ0n) is 9.04. The molecule has 1 heterocycles. The fourth-order valence-corrected chi connectivity index (χ4v) is 1.31. The number of hydrogen-bond acceptors (Lipinski definition) is 5. The number of nitrogens with zero attached hydrogens (tertiary/aromatic N) is 2. The Hall–Kier alpha value is -2.70. The van der Waals surface area contributed by atoms with E-state index in [2.05, 4.69) is 4.98 Å². The summed E-state index contributed by atoms with van der Waals surface area (Å²) in [6, 6.07) is 5.85. The Labute approximate surface area is 101 Å². The molecule has 0 saturated carbocycles. The molecular weight excluding hydrogens is 241 g/mol. The first-order chi connectivity index (χ1) is 8.56. The summed E-state index contributed by atoms with van der Waals surface area (Å²) < 4.78 is 18.2. The van der Waals surface area contributed by atoms with Crippen molar-refractivity contribution in [2.24, 2.45) is 0 Å². The zero-order valence-corrected chi connectivity index (χ0v) is 9.04. The van der Waals surface area contributed by atoms with E-state index in [0.29, 0.717) is 5.69 Å². The largest absolute Gasteiger partial charge is 0.432 e. The molecule has 2 N–H and O–H groups in total. The fraction of sp³-hybridized carbons (Fsp3) is 0. The molecule has 0 spiro atoms. The van der Waals surface area contributed by atoms with Crippen molar-refractivity contribution >= 4 is 11.4 Å². The van der Waals surface area contributed by atoms with Crippen LogP contribution < -0.4 is 10.5 Å². The van der Waals surface area contributed by atoms with E-state index in [1.807, 2.05) is 0 Å². The normalized spacial score (nSPS) is 10.1. The van der Waals surface area contributed by atoms with E-state index in [1.165, 1.54) is 18.3 Å². The van der Waals surface area contributed by atoms with Crippen LogP contribution in [-0.4, -0.2) is 9.91 Å². The Balaban J connectivity index is 2.39.